The van der Waals surface area contributed by atoms with E-state index >= 15 is 0 Å². The van der Waals surface area contributed by atoms with Gasteiger partial charge in [-0.2, -0.15) is 22.0 Å². The Hall–Kier alpha value is -3.01. The molecule has 0 aliphatic heterocycles. The lowest BCUT2D eigenvalue weighted by molar-refractivity contribution is -0.253. The third-order valence-corrected chi connectivity index (χ3v) is 5.43. The molecule has 0 bridgehead atoms. The first kappa shape index (κ1) is 25.6. The average Bonchev–Trinajstić information content (AvgIpc) is 3.08. The van der Waals surface area contributed by atoms with Gasteiger partial charge in [-0.05, 0) is 61.9 Å². The number of amides is 1. The van der Waals surface area contributed by atoms with Crippen molar-refractivity contribution >= 4 is 5.91 Å². The first-order chi connectivity index (χ1) is 16.2. The molecular weight excluding hydrogens is 459 g/mol. The van der Waals surface area contributed by atoms with Gasteiger partial charge in [0.25, 0.3) is 0 Å². The van der Waals surface area contributed by atoms with Gasteiger partial charge in [0.2, 0.25) is 11.9 Å². The maximum atomic E-state index is 13.6. The number of carbonyl (C=O) groups is 1. The van der Waals surface area contributed by atoms with Crippen molar-refractivity contribution in [1.82, 2.24) is 10.3 Å². The van der Waals surface area contributed by atoms with Crippen molar-refractivity contribution < 1.29 is 36.6 Å². The van der Waals surface area contributed by atoms with Gasteiger partial charge < -0.3 is 15.2 Å². The van der Waals surface area contributed by atoms with E-state index in [2.05, 4.69) is 15.0 Å². The van der Waals surface area contributed by atoms with Crippen molar-refractivity contribution in [2.45, 2.75) is 63.2 Å². The molecule has 0 fully saturated rings. The molecule has 1 aromatic heterocycles. The van der Waals surface area contributed by atoms with E-state index in [9.17, 15) is 31.9 Å². The number of benzene rings is 1. The number of aliphatic hydroxyl groups excluding tert-OH is 1. The summed E-state index contributed by atoms with van der Waals surface area (Å²) in [6, 6.07) is 7.87. The fourth-order valence-electron chi connectivity index (χ4n) is 3.71. The molecule has 184 valence electrons. The molecular formula is C24H25F5N2O3. The van der Waals surface area contributed by atoms with Crippen molar-refractivity contribution in [2.24, 2.45) is 0 Å². The molecule has 10 heteroatoms. The van der Waals surface area contributed by atoms with Crippen LogP contribution in [0.3, 0.4) is 0 Å². The van der Waals surface area contributed by atoms with Crippen LogP contribution >= 0.6 is 0 Å². The number of ether oxygens (including phenoxy) is 1. The summed E-state index contributed by atoms with van der Waals surface area (Å²) in [5, 5.41) is 13.6. The predicted molar refractivity (Wildman–Crippen MR) is 114 cm³/mol. The summed E-state index contributed by atoms with van der Waals surface area (Å²) in [7, 11) is 0. The van der Waals surface area contributed by atoms with Gasteiger partial charge in [-0.3, -0.25) is 4.79 Å². The zero-order chi connectivity index (χ0) is 24.7. The quantitative estimate of drug-likeness (QED) is 0.383. The Labute approximate surface area is 193 Å². The van der Waals surface area contributed by atoms with Gasteiger partial charge in [0, 0.05) is 5.57 Å². The third kappa shape index (κ3) is 6.99. The van der Waals surface area contributed by atoms with Gasteiger partial charge in [-0.1, -0.05) is 30.7 Å². The fraction of sp³-hybridized carbons (Fsp3) is 0.417. The van der Waals surface area contributed by atoms with Crippen LogP contribution in [-0.2, 0) is 11.2 Å². The molecule has 0 spiro atoms. The minimum atomic E-state index is -4.68. The molecule has 2 atom stereocenters. The van der Waals surface area contributed by atoms with E-state index in [-0.39, 0.29) is 12.1 Å². The van der Waals surface area contributed by atoms with Crippen LogP contribution in [0.1, 0.15) is 49.5 Å². The smallest absolute Gasteiger partial charge is 0.428 e. The van der Waals surface area contributed by atoms with Gasteiger partial charge in [0.05, 0.1) is 11.7 Å². The largest absolute Gasteiger partial charge is 0.461 e. The van der Waals surface area contributed by atoms with Crippen LogP contribution in [0.15, 0.2) is 54.1 Å². The monoisotopic (exact) mass is 484 g/mol. The number of alkyl halides is 4. The molecule has 1 amide bonds. The first-order valence-electron chi connectivity index (χ1n) is 10.9. The molecule has 1 aliphatic carbocycles. The summed E-state index contributed by atoms with van der Waals surface area (Å²) < 4.78 is 69.3. The van der Waals surface area contributed by atoms with Crippen molar-refractivity contribution in [3.8, 4) is 5.75 Å². The number of nitrogens with zero attached hydrogens (tertiary/aromatic N) is 1. The second kappa shape index (κ2) is 11.4. The molecule has 1 heterocycles. The summed E-state index contributed by atoms with van der Waals surface area (Å²) >= 11 is 0. The number of hydrogen-bond acceptors (Lipinski definition) is 4. The Morgan fingerprint density at radius 1 is 1.15 bits per heavy atom. The second-order valence-corrected chi connectivity index (χ2v) is 8.05. The molecule has 1 aliphatic rings. The molecule has 34 heavy (non-hydrogen) atoms. The highest BCUT2D eigenvalue weighted by Gasteiger charge is 2.44. The van der Waals surface area contributed by atoms with Gasteiger partial charge in [0.15, 0.2) is 0 Å². The minimum absolute atomic E-state index is 0.0308. The number of pyridine rings is 1. The highest BCUT2D eigenvalue weighted by atomic mass is 19.3. The molecule has 3 rings (SSSR count). The molecule has 2 aromatic rings. The van der Waals surface area contributed by atoms with Crippen LogP contribution in [0.4, 0.5) is 22.0 Å². The summed E-state index contributed by atoms with van der Waals surface area (Å²) in [6.07, 6.45) is -4.26. The predicted octanol–water partition coefficient (Wildman–Crippen LogP) is 5.11. The van der Waals surface area contributed by atoms with E-state index in [0.29, 0.717) is 17.6 Å². The summed E-state index contributed by atoms with van der Waals surface area (Å²) in [5.74, 6) is -1.73. The lowest BCUT2D eigenvalue weighted by Crippen LogP contribution is -2.42. The Morgan fingerprint density at radius 3 is 2.65 bits per heavy atom. The van der Waals surface area contributed by atoms with Gasteiger partial charge in [-0.25, -0.2) is 4.98 Å². The zero-order valence-corrected chi connectivity index (χ0v) is 18.2. The van der Waals surface area contributed by atoms with E-state index in [4.69, 9.17) is 0 Å². The van der Waals surface area contributed by atoms with Gasteiger partial charge in [0.1, 0.15) is 11.9 Å². The molecule has 0 saturated carbocycles. The molecule has 2 unspecified atom stereocenters. The van der Waals surface area contributed by atoms with Crippen LogP contribution in [-0.4, -0.2) is 34.6 Å². The number of hydrogen-bond donors (Lipinski definition) is 2. The topological polar surface area (TPSA) is 71.5 Å². The number of allylic oxidation sites excluding steroid dienone is 1. The second-order valence-electron chi connectivity index (χ2n) is 8.05. The Balaban J connectivity index is 1.84. The minimum Gasteiger partial charge on any atom is -0.428 e. The number of rotatable bonds is 9. The maximum absolute atomic E-state index is 13.6. The van der Waals surface area contributed by atoms with Gasteiger partial charge >= 0.3 is 12.5 Å². The van der Waals surface area contributed by atoms with Crippen molar-refractivity contribution in [3.05, 3.63) is 71.3 Å². The van der Waals surface area contributed by atoms with Crippen LogP contribution in [0.25, 0.3) is 0 Å². The lowest BCUT2D eigenvalue weighted by Gasteiger charge is -2.25. The summed E-state index contributed by atoms with van der Waals surface area (Å²) in [4.78, 5) is 16.6. The lowest BCUT2D eigenvalue weighted by atomic mass is 9.97. The number of aliphatic hydroxyl groups is 1. The Kier molecular flexibility index (Phi) is 8.60. The van der Waals surface area contributed by atoms with Crippen molar-refractivity contribution in [2.75, 3.05) is 0 Å². The van der Waals surface area contributed by atoms with E-state index in [1.807, 2.05) is 6.08 Å². The molecule has 1 aromatic carbocycles. The number of aromatic nitrogens is 1. The fourth-order valence-corrected chi connectivity index (χ4v) is 3.71. The number of carbonyl (C=O) groups excluding carboxylic acids is 1. The first-order valence-corrected chi connectivity index (χ1v) is 10.9. The standard InChI is InChI=1S/C24H25F5N2O3/c25-20-12-6-11-18(30-20)21(32)19(31-22(33)16-8-3-1-2-4-9-16)14-15-7-5-10-17(13-15)34-24(28,29)23(26)27/h5-8,10-13,19,21,23,32H,1-4,9,14H2,(H,31,33). The van der Waals surface area contributed by atoms with E-state index in [0.717, 1.165) is 43.9 Å². The highest BCUT2D eigenvalue weighted by molar-refractivity contribution is 5.93. The molecule has 2 N–H and O–H groups in total. The average molecular weight is 484 g/mol. The van der Waals surface area contributed by atoms with Crippen molar-refractivity contribution in [3.63, 3.8) is 0 Å². The summed E-state index contributed by atoms with van der Waals surface area (Å²) in [5.41, 5.74) is 0.852. The molecule has 5 nitrogen and oxygen atoms in total. The van der Waals surface area contributed by atoms with Crippen LogP contribution < -0.4 is 10.1 Å². The van der Waals surface area contributed by atoms with E-state index in [1.54, 1.807) is 0 Å². The normalized spacial score (nSPS) is 16.4. The Bertz CT molecular complexity index is 1020. The SMILES string of the molecule is O=C(NC(Cc1cccc(OC(F)(F)C(F)F)c1)C(O)c1cccc(F)n1)C1=CCCCCC1. The summed E-state index contributed by atoms with van der Waals surface area (Å²) in [6.45, 7) is 0. The van der Waals surface area contributed by atoms with E-state index in [1.165, 1.54) is 24.3 Å². The molecule has 0 radical (unpaired) electrons. The van der Waals surface area contributed by atoms with Crippen LogP contribution in [0.5, 0.6) is 5.75 Å². The highest BCUT2D eigenvalue weighted by Crippen LogP contribution is 2.29. The molecule has 0 saturated heterocycles. The number of nitrogens with one attached hydrogen (secondary N) is 1. The maximum Gasteiger partial charge on any atom is 0.461 e. The van der Waals surface area contributed by atoms with Crippen LogP contribution in [0.2, 0.25) is 0 Å². The Morgan fingerprint density at radius 2 is 1.91 bits per heavy atom. The third-order valence-electron chi connectivity index (χ3n) is 5.43. The van der Waals surface area contributed by atoms with E-state index < -0.39 is 42.3 Å². The van der Waals surface area contributed by atoms with Crippen molar-refractivity contribution in [1.29, 1.82) is 0 Å². The zero-order valence-electron chi connectivity index (χ0n) is 18.2. The number of halogens is 5. The van der Waals surface area contributed by atoms with Gasteiger partial charge in [-0.15, -0.1) is 0 Å². The van der Waals surface area contributed by atoms with Crippen LogP contribution in [0, 0.1) is 5.95 Å².